The predicted octanol–water partition coefficient (Wildman–Crippen LogP) is 1.62. The van der Waals surface area contributed by atoms with E-state index in [0.29, 0.717) is 6.54 Å². The van der Waals surface area contributed by atoms with Gasteiger partial charge in [0.25, 0.3) is 0 Å². The first-order valence-electron chi connectivity index (χ1n) is 4.70. The van der Waals surface area contributed by atoms with Crippen LogP contribution < -0.4 is 0 Å². The summed E-state index contributed by atoms with van der Waals surface area (Å²) in [4.78, 5) is 5.07. The first-order valence-corrected chi connectivity index (χ1v) is 7.02. The molecule has 0 bridgehead atoms. The Balaban J connectivity index is 2.76. The van der Waals surface area contributed by atoms with Crippen LogP contribution in [0.25, 0.3) is 0 Å². The van der Waals surface area contributed by atoms with Crippen molar-refractivity contribution in [3.63, 3.8) is 0 Å². The maximum atomic E-state index is 11.8. The second kappa shape index (κ2) is 4.59. The third kappa shape index (κ3) is 2.99. The maximum Gasteiger partial charge on any atom is 0.216 e. The number of aromatic nitrogens is 1. The number of hydrogen-bond acceptors (Lipinski definition) is 4. The zero-order valence-corrected chi connectivity index (χ0v) is 11.0. The van der Waals surface area contributed by atoms with E-state index >= 15 is 0 Å². The lowest BCUT2D eigenvalue weighted by molar-refractivity contribution is 0.462. The third-order valence-corrected chi connectivity index (χ3v) is 5.16. The fourth-order valence-corrected chi connectivity index (χ4v) is 3.12. The average Bonchev–Trinajstić information content (AvgIpc) is 2.50. The van der Waals surface area contributed by atoms with Crippen molar-refractivity contribution in [1.82, 2.24) is 9.29 Å². The van der Waals surface area contributed by atoms with E-state index in [9.17, 15) is 8.42 Å². The summed E-state index contributed by atoms with van der Waals surface area (Å²) in [7, 11) is -1.55. The molecule has 86 valence electrons. The van der Waals surface area contributed by atoms with Crippen molar-refractivity contribution in [2.45, 2.75) is 32.6 Å². The quantitative estimate of drug-likeness (QED) is 0.813. The van der Waals surface area contributed by atoms with E-state index in [1.165, 1.54) is 15.6 Å². The second-order valence-electron chi connectivity index (χ2n) is 3.70. The summed E-state index contributed by atoms with van der Waals surface area (Å²) in [6.45, 7) is 5.69. The fourth-order valence-electron chi connectivity index (χ4n) is 1.15. The van der Waals surface area contributed by atoms with Crippen LogP contribution in [-0.4, -0.2) is 30.0 Å². The van der Waals surface area contributed by atoms with Crippen LogP contribution in [0.1, 0.15) is 23.7 Å². The van der Waals surface area contributed by atoms with Crippen molar-refractivity contribution in [3.05, 3.63) is 16.1 Å². The molecule has 0 atom stereocenters. The fraction of sp³-hybridized carbons (Fsp3) is 0.667. The molecule has 0 aliphatic carbocycles. The van der Waals surface area contributed by atoms with Crippen LogP contribution in [0.15, 0.2) is 6.20 Å². The van der Waals surface area contributed by atoms with Crippen LogP contribution in [0.3, 0.4) is 0 Å². The smallest absolute Gasteiger partial charge is 0.216 e. The number of thiazole rings is 1. The van der Waals surface area contributed by atoms with Crippen molar-refractivity contribution in [2.24, 2.45) is 0 Å². The van der Waals surface area contributed by atoms with Gasteiger partial charge in [0.2, 0.25) is 10.0 Å². The molecule has 0 saturated carbocycles. The van der Waals surface area contributed by atoms with Crippen LogP contribution in [0.4, 0.5) is 0 Å². The lowest BCUT2D eigenvalue weighted by Gasteiger charge is -2.18. The van der Waals surface area contributed by atoms with E-state index in [1.54, 1.807) is 27.1 Å². The highest BCUT2D eigenvalue weighted by molar-refractivity contribution is 7.89. The molecule has 0 N–H and O–H groups in total. The molecule has 0 radical (unpaired) electrons. The van der Waals surface area contributed by atoms with Gasteiger partial charge in [0.15, 0.2) is 0 Å². The summed E-state index contributed by atoms with van der Waals surface area (Å²) in [5.41, 5.74) is 0. The number of sulfonamides is 1. The molecule has 0 unspecified atom stereocenters. The molecule has 0 aliphatic rings. The van der Waals surface area contributed by atoms with E-state index in [-0.39, 0.29) is 5.25 Å². The average molecular weight is 248 g/mol. The molecule has 15 heavy (non-hydrogen) atoms. The minimum atomic E-state index is -3.15. The van der Waals surface area contributed by atoms with Crippen molar-refractivity contribution in [2.75, 3.05) is 7.05 Å². The predicted molar refractivity (Wildman–Crippen MR) is 62.4 cm³/mol. The normalized spacial score (nSPS) is 12.7. The molecule has 0 fully saturated rings. The maximum absolute atomic E-state index is 11.8. The molecule has 0 aromatic carbocycles. The molecule has 0 spiro atoms. The van der Waals surface area contributed by atoms with E-state index in [1.807, 2.05) is 6.92 Å². The molecule has 0 saturated heterocycles. The van der Waals surface area contributed by atoms with Gasteiger partial charge in [-0.3, -0.25) is 0 Å². The Kier molecular flexibility index (Phi) is 3.86. The van der Waals surface area contributed by atoms with Crippen molar-refractivity contribution >= 4 is 21.4 Å². The Morgan fingerprint density at radius 2 is 2.13 bits per heavy atom. The van der Waals surface area contributed by atoms with Gasteiger partial charge >= 0.3 is 0 Å². The van der Waals surface area contributed by atoms with Gasteiger partial charge in [-0.1, -0.05) is 0 Å². The number of hydrogen-bond donors (Lipinski definition) is 0. The molecule has 1 aromatic heterocycles. The van der Waals surface area contributed by atoms with Gasteiger partial charge in [0.05, 0.1) is 10.3 Å². The van der Waals surface area contributed by atoms with Crippen molar-refractivity contribution < 1.29 is 8.42 Å². The zero-order valence-electron chi connectivity index (χ0n) is 9.39. The first-order chi connectivity index (χ1) is 6.84. The van der Waals surface area contributed by atoms with Gasteiger partial charge in [-0.25, -0.2) is 13.4 Å². The minimum absolute atomic E-state index is 0.378. The summed E-state index contributed by atoms with van der Waals surface area (Å²) in [5, 5.41) is 0.580. The lowest BCUT2D eigenvalue weighted by atomic mass is 10.5. The van der Waals surface area contributed by atoms with Crippen LogP contribution >= 0.6 is 11.3 Å². The SMILES string of the molecule is Cc1ncc(CN(C)S(=O)(=O)C(C)C)s1. The van der Waals surface area contributed by atoms with Gasteiger partial charge in [-0.15, -0.1) is 11.3 Å². The second-order valence-corrected chi connectivity index (χ2v) is 7.61. The summed E-state index contributed by atoms with van der Waals surface area (Å²) in [5.74, 6) is 0. The van der Waals surface area contributed by atoms with Gasteiger partial charge < -0.3 is 0 Å². The molecule has 1 heterocycles. The molecule has 0 aliphatic heterocycles. The Morgan fingerprint density at radius 3 is 2.53 bits per heavy atom. The van der Waals surface area contributed by atoms with Crippen LogP contribution in [0.5, 0.6) is 0 Å². The van der Waals surface area contributed by atoms with Crippen LogP contribution in [-0.2, 0) is 16.6 Å². The van der Waals surface area contributed by atoms with Gasteiger partial charge in [-0.2, -0.15) is 4.31 Å². The summed E-state index contributed by atoms with van der Waals surface area (Å²) in [6.07, 6.45) is 1.73. The van der Waals surface area contributed by atoms with Gasteiger partial charge in [-0.05, 0) is 20.8 Å². The highest BCUT2D eigenvalue weighted by Gasteiger charge is 2.22. The Morgan fingerprint density at radius 1 is 1.53 bits per heavy atom. The van der Waals surface area contributed by atoms with Crippen LogP contribution in [0, 0.1) is 6.92 Å². The van der Waals surface area contributed by atoms with E-state index in [0.717, 1.165) is 9.88 Å². The molecule has 1 rings (SSSR count). The third-order valence-electron chi connectivity index (χ3n) is 2.08. The number of rotatable bonds is 4. The van der Waals surface area contributed by atoms with Gasteiger partial charge in [0, 0.05) is 24.7 Å². The Labute approximate surface area is 95.0 Å². The van der Waals surface area contributed by atoms with E-state index in [4.69, 9.17) is 0 Å². The molecule has 0 amide bonds. The topological polar surface area (TPSA) is 50.3 Å². The van der Waals surface area contributed by atoms with Crippen LogP contribution in [0.2, 0.25) is 0 Å². The zero-order chi connectivity index (χ0) is 11.6. The molecular weight excluding hydrogens is 232 g/mol. The van der Waals surface area contributed by atoms with Crippen molar-refractivity contribution in [3.8, 4) is 0 Å². The molecule has 1 aromatic rings. The monoisotopic (exact) mass is 248 g/mol. The Hall–Kier alpha value is -0.460. The molecular formula is C9H16N2O2S2. The van der Waals surface area contributed by atoms with Gasteiger partial charge in [0.1, 0.15) is 0 Å². The van der Waals surface area contributed by atoms with E-state index < -0.39 is 10.0 Å². The largest absolute Gasteiger partial charge is 0.250 e. The standard InChI is InChI=1S/C9H16N2O2S2/c1-7(2)15(12,13)11(4)6-9-5-10-8(3)14-9/h5,7H,6H2,1-4H3. The van der Waals surface area contributed by atoms with Crippen molar-refractivity contribution in [1.29, 1.82) is 0 Å². The highest BCUT2D eigenvalue weighted by atomic mass is 32.2. The first kappa shape index (κ1) is 12.6. The number of nitrogens with zero attached hydrogens (tertiary/aromatic N) is 2. The molecule has 4 nitrogen and oxygen atoms in total. The summed E-state index contributed by atoms with van der Waals surface area (Å²) in [6, 6.07) is 0. The Bertz CT molecular complexity index is 423. The summed E-state index contributed by atoms with van der Waals surface area (Å²) >= 11 is 1.53. The number of aryl methyl sites for hydroxylation is 1. The minimum Gasteiger partial charge on any atom is -0.250 e. The summed E-state index contributed by atoms with van der Waals surface area (Å²) < 4.78 is 24.9. The van der Waals surface area contributed by atoms with E-state index in [2.05, 4.69) is 4.98 Å². The highest BCUT2D eigenvalue weighted by Crippen LogP contribution is 2.16. The molecule has 6 heteroatoms. The lowest BCUT2D eigenvalue weighted by Crippen LogP contribution is -2.32.